The van der Waals surface area contributed by atoms with Crippen molar-refractivity contribution in [2.75, 3.05) is 0 Å². The lowest BCUT2D eigenvalue weighted by Crippen LogP contribution is -2.37. The van der Waals surface area contributed by atoms with Crippen LogP contribution in [0.3, 0.4) is 0 Å². The van der Waals surface area contributed by atoms with Crippen molar-refractivity contribution in [1.29, 1.82) is 0 Å². The molecule has 0 unspecified atom stereocenters. The van der Waals surface area contributed by atoms with Crippen LogP contribution in [0.25, 0.3) is 22.9 Å². The van der Waals surface area contributed by atoms with Gasteiger partial charge in [0, 0.05) is 18.1 Å². The first-order chi connectivity index (χ1) is 10.9. The van der Waals surface area contributed by atoms with Gasteiger partial charge in [0.2, 0.25) is 0 Å². The van der Waals surface area contributed by atoms with Gasteiger partial charge in [0.05, 0.1) is 5.56 Å². The lowest BCUT2D eigenvalue weighted by atomic mass is 10.2. The predicted octanol–water partition coefficient (Wildman–Crippen LogP) is 1.43. The van der Waals surface area contributed by atoms with Crippen molar-refractivity contribution >= 4 is 15.9 Å². The summed E-state index contributed by atoms with van der Waals surface area (Å²) in [6.45, 7) is 2.12. The first-order valence-corrected chi connectivity index (χ1v) is 7.53. The average molecular weight is 380 g/mol. The molecule has 0 aromatic heterocycles. The number of hydrogen-bond donors (Lipinski definition) is 0. The summed E-state index contributed by atoms with van der Waals surface area (Å²) >= 11 is 3.27. The lowest BCUT2D eigenvalue weighted by Gasteiger charge is -2.13. The van der Waals surface area contributed by atoms with Crippen LogP contribution in [-0.2, 0) is 13.6 Å². The minimum atomic E-state index is -0.685. The third kappa shape index (κ3) is 2.56. The van der Waals surface area contributed by atoms with Gasteiger partial charge in [-0.15, -0.1) is 0 Å². The summed E-state index contributed by atoms with van der Waals surface area (Å²) in [5, 5.41) is 4.20. The van der Waals surface area contributed by atoms with Crippen LogP contribution in [0.1, 0.15) is 6.92 Å². The highest BCUT2D eigenvalue weighted by atomic mass is 79.9. The molecular weight excluding hydrogens is 369 g/mol. The van der Waals surface area contributed by atoms with E-state index in [0.29, 0.717) is 11.0 Å². The maximum Gasteiger partial charge on any atom is 0.352 e. The van der Waals surface area contributed by atoms with Crippen LogP contribution in [0.4, 0.5) is 4.39 Å². The molecule has 2 aliphatic heterocycles. The molecule has 3 rings (SSSR count). The van der Waals surface area contributed by atoms with Gasteiger partial charge in [0.25, 0.3) is 5.56 Å². The van der Waals surface area contributed by atoms with Crippen molar-refractivity contribution in [2.24, 2.45) is 7.05 Å². The second-order valence-electron chi connectivity index (χ2n) is 4.81. The molecule has 0 fully saturated rings. The highest BCUT2D eigenvalue weighted by molar-refractivity contribution is 9.10. The number of benzene rings is 1. The summed E-state index contributed by atoms with van der Waals surface area (Å²) in [7, 11) is 1.31. The van der Waals surface area contributed by atoms with Gasteiger partial charge in [-0.1, -0.05) is 15.9 Å². The number of halogens is 2. The van der Waals surface area contributed by atoms with Gasteiger partial charge in [0.15, 0.2) is 17.3 Å². The molecule has 0 N–H and O–H groups in total. The standard InChI is InChI=1S/C14H11BrFN5O2/c1-3-21-12-10(13(22)20(2)14(23)18-12)17-11(19-21)8-6-7(15)4-5-9(8)16/h4-6H,3H2,1-2H3. The van der Waals surface area contributed by atoms with Crippen LogP contribution in [-0.4, -0.2) is 24.3 Å². The minimum Gasteiger partial charge on any atom is -0.267 e. The van der Waals surface area contributed by atoms with Crippen molar-refractivity contribution in [3.63, 3.8) is 0 Å². The van der Waals surface area contributed by atoms with Crippen LogP contribution >= 0.6 is 15.9 Å². The number of rotatable bonds is 2. The zero-order valence-electron chi connectivity index (χ0n) is 12.2. The van der Waals surface area contributed by atoms with Gasteiger partial charge < -0.3 is 0 Å². The van der Waals surface area contributed by atoms with E-state index in [9.17, 15) is 14.0 Å². The summed E-state index contributed by atoms with van der Waals surface area (Å²) in [5.41, 5.74) is -1.16. The molecular formula is C14H11BrFN5O2. The van der Waals surface area contributed by atoms with Crippen molar-refractivity contribution in [3.8, 4) is 22.9 Å². The first-order valence-electron chi connectivity index (χ1n) is 6.73. The number of aromatic nitrogens is 5. The highest BCUT2D eigenvalue weighted by Crippen LogP contribution is 2.25. The Morgan fingerprint density at radius 1 is 1.26 bits per heavy atom. The fourth-order valence-corrected chi connectivity index (χ4v) is 2.49. The van der Waals surface area contributed by atoms with Crippen molar-refractivity contribution in [3.05, 3.63) is 49.3 Å². The van der Waals surface area contributed by atoms with E-state index in [1.54, 1.807) is 13.0 Å². The Morgan fingerprint density at radius 3 is 2.70 bits per heavy atom. The second-order valence-corrected chi connectivity index (χ2v) is 5.72. The summed E-state index contributed by atoms with van der Waals surface area (Å²) in [4.78, 5) is 31.9. The van der Waals surface area contributed by atoms with Gasteiger partial charge in [-0.2, -0.15) is 10.1 Å². The van der Waals surface area contributed by atoms with Crippen LogP contribution in [0.2, 0.25) is 0 Å². The molecule has 2 aliphatic rings. The molecule has 0 radical (unpaired) electrons. The van der Waals surface area contributed by atoms with Gasteiger partial charge in [-0.05, 0) is 25.1 Å². The van der Waals surface area contributed by atoms with E-state index in [2.05, 4.69) is 31.0 Å². The number of aryl methyl sites for hydroxylation is 1. The first kappa shape index (κ1) is 15.5. The Bertz CT molecular complexity index is 997. The maximum atomic E-state index is 14.1. The molecule has 0 saturated carbocycles. The smallest absolute Gasteiger partial charge is 0.267 e. The fourth-order valence-electron chi connectivity index (χ4n) is 2.13. The zero-order valence-corrected chi connectivity index (χ0v) is 13.8. The zero-order chi connectivity index (χ0) is 16.7. The Balaban J connectivity index is 2.41. The molecule has 0 atom stereocenters. The van der Waals surface area contributed by atoms with Gasteiger partial charge in [-0.3, -0.25) is 9.36 Å². The molecule has 23 heavy (non-hydrogen) atoms. The van der Waals surface area contributed by atoms with Crippen LogP contribution < -0.4 is 11.2 Å². The third-order valence-electron chi connectivity index (χ3n) is 3.35. The number of hydrogen-bond acceptors (Lipinski definition) is 5. The Hall–Kier alpha value is -2.42. The van der Waals surface area contributed by atoms with Crippen molar-refractivity contribution in [2.45, 2.75) is 13.5 Å². The Kier molecular flexibility index (Phi) is 3.80. The minimum absolute atomic E-state index is 0.0293. The van der Waals surface area contributed by atoms with E-state index in [-0.39, 0.29) is 22.9 Å². The van der Waals surface area contributed by atoms with E-state index in [4.69, 9.17) is 0 Å². The average Bonchev–Trinajstić information content (AvgIpc) is 2.54. The molecule has 0 spiro atoms. The van der Waals surface area contributed by atoms with Gasteiger partial charge in [-0.25, -0.2) is 18.9 Å². The SMILES string of the molecule is CCn1nc(-c2cc(Br)ccc2F)nc2c(=O)n(C)c(=O)nc1-2. The number of nitrogens with zero attached hydrogens (tertiary/aromatic N) is 5. The van der Waals surface area contributed by atoms with E-state index >= 15 is 0 Å². The molecule has 0 saturated heterocycles. The van der Waals surface area contributed by atoms with Crippen molar-refractivity contribution < 1.29 is 4.39 Å². The topological polar surface area (TPSA) is 82.7 Å². The molecule has 0 aliphatic carbocycles. The van der Waals surface area contributed by atoms with E-state index < -0.39 is 17.1 Å². The highest BCUT2D eigenvalue weighted by Gasteiger charge is 2.21. The van der Waals surface area contributed by atoms with E-state index in [1.165, 1.54) is 23.9 Å². The summed E-state index contributed by atoms with van der Waals surface area (Å²) in [6.07, 6.45) is 0. The summed E-state index contributed by atoms with van der Waals surface area (Å²) in [5.74, 6) is -0.379. The molecule has 1 aromatic rings. The maximum absolute atomic E-state index is 14.1. The normalized spacial score (nSPS) is 11.1. The summed E-state index contributed by atoms with van der Waals surface area (Å²) < 4.78 is 16.9. The molecule has 2 heterocycles. The second kappa shape index (κ2) is 5.65. The Labute approximate surface area is 137 Å². The lowest BCUT2D eigenvalue weighted by molar-refractivity contribution is 0.603. The van der Waals surface area contributed by atoms with Crippen molar-refractivity contribution in [1.82, 2.24) is 24.3 Å². The fraction of sp³-hybridized carbons (Fsp3) is 0.214. The largest absolute Gasteiger partial charge is 0.352 e. The number of fused-ring (bicyclic) bond motifs is 1. The van der Waals surface area contributed by atoms with Crippen LogP contribution in [0.15, 0.2) is 32.3 Å². The molecule has 9 heteroatoms. The predicted molar refractivity (Wildman–Crippen MR) is 84.7 cm³/mol. The van der Waals surface area contributed by atoms with Crippen LogP contribution in [0.5, 0.6) is 0 Å². The van der Waals surface area contributed by atoms with E-state index in [1.807, 2.05) is 0 Å². The quantitative estimate of drug-likeness (QED) is 0.672. The molecule has 1 aromatic carbocycles. The summed E-state index contributed by atoms with van der Waals surface area (Å²) in [6, 6.07) is 4.36. The third-order valence-corrected chi connectivity index (χ3v) is 3.85. The molecule has 7 nitrogen and oxygen atoms in total. The monoisotopic (exact) mass is 379 g/mol. The molecule has 0 bridgehead atoms. The van der Waals surface area contributed by atoms with Crippen LogP contribution in [0, 0.1) is 5.82 Å². The molecule has 0 amide bonds. The Morgan fingerprint density at radius 2 is 2.00 bits per heavy atom. The van der Waals surface area contributed by atoms with E-state index in [0.717, 1.165) is 4.57 Å². The molecule has 118 valence electrons. The van der Waals surface area contributed by atoms with Gasteiger partial charge in [0.1, 0.15) is 5.82 Å². The van der Waals surface area contributed by atoms with Gasteiger partial charge >= 0.3 is 5.69 Å².